The number of aromatic nitrogens is 1. The van der Waals surface area contributed by atoms with E-state index >= 15 is 0 Å². The Kier molecular flexibility index (Phi) is 4.81. The van der Waals surface area contributed by atoms with Gasteiger partial charge in [0.15, 0.2) is 5.60 Å². The summed E-state index contributed by atoms with van der Waals surface area (Å²) < 4.78 is 54.0. The van der Waals surface area contributed by atoms with Crippen LogP contribution >= 0.6 is 0 Å². The van der Waals surface area contributed by atoms with Gasteiger partial charge < -0.3 is 10.1 Å². The Bertz CT molecular complexity index is 692. The van der Waals surface area contributed by atoms with Gasteiger partial charge in [-0.2, -0.15) is 13.2 Å². The van der Waals surface area contributed by atoms with E-state index in [4.69, 9.17) is 0 Å². The van der Waals surface area contributed by atoms with Crippen LogP contribution in [0.3, 0.4) is 0 Å². The summed E-state index contributed by atoms with van der Waals surface area (Å²) >= 11 is 0. The van der Waals surface area contributed by atoms with E-state index in [0.29, 0.717) is 16.8 Å². The van der Waals surface area contributed by atoms with Crippen molar-refractivity contribution in [3.05, 3.63) is 59.2 Å². The summed E-state index contributed by atoms with van der Waals surface area (Å²) in [5, 5.41) is 10.4. The van der Waals surface area contributed by atoms with Crippen molar-refractivity contribution in [1.82, 2.24) is 4.98 Å². The zero-order valence-electron chi connectivity index (χ0n) is 13.8. The van der Waals surface area contributed by atoms with E-state index in [0.717, 1.165) is 0 Å². The third-order valence-electron chi connectivity index (χ3n) is 4.32. The van der Waals surface area contributed by atoms with Crippen molar-refractivity contribution in [2.24, 2.45) is 0 Å². The molecule has 0 aliphatic carbocycles. The van der Waals surface area contributed by atoms with E-state index in [9.17, 15) is 22.7 Å². The van der Waals surface area contributed by atoms with E-state index in [1.54, 1.807) is 26.8 Å². The maximum absolute atomic E-state index is 13.6. The van der Waals surface area contributed by atoms with Crippen molar-refractivity contribution in [2.45, 2.75) is 50.8 Å². The van der Waals surface area contributed by atoms with Gasteiger partial charge in [0.05, 0.1) is 0 Å². The van der Waals surface area contributed by atoms with E-state index < -0.39 is 35.9 Å². The van der Waals surface area contributed by atoms with Crippen LogP contribution in [-0.4, -0.2) is 21.9 Å². The van der Waals surface area contributed by atoms with Gasteiger partial charge in [0.2, 0.25) is 0 Å². The Morgan fingerprint density at radius 1 is 1.12 bits per heavy atom. The molecule has 132 valence electrons. The number of aliphatic hydroxyl groups is 1. The van der Waals surface area contributed by atoms with Crippen molar-refractivity contribution in [1.29, 1.82) is 0 Å². The van der Waals surface area contributed by atoms with Crippen LogP contribution in [0.1, 0.15) is 37.1 Å². The molecule has 0 aliphatic rings. The van der Waals surface area contributed by atoms with Gasteiger partial charge >= 0.3 is 6.18 Å². The number of aryl methyl sites for hydroxylation is 1. The third-order valence-corrected chi connectivity index (χ3v) is 4.32. The molecular weight excluding hydrogens is 322 g/mol. The van der Waals surface area contributed by atoms with Crippen LogP contribution in [0.5, 0.6) is 0 Å². The topological polar surface area (TPSA) is 36.0 Å². The lowest BCUT2D eigenvalue weighted by molar-refractivity contribution is -0.266. The van der Waals surface area contributed by atoms with Crippen LogP contribution in [0.4, 0.5) is 17.6 Å². The normalized spacial score (nSPS) is 15.3. The first-order valence-corrected chi connectivity index (χ1v) is 7.63. The maximum atomic E-state index is 13.6. The van der Waals surface area contributed by atoms with E-state index in [1.165, 1.54) is 30.5 Å². The van der Waals surface area contributed by atoms with E-state index in [-0.39, 0.29) is 0 Å². The smallest absolute Gasteiger partial charge is 0.380 e. The molecular formula is C18H21F4NO. The number of hydrogen-bond donors (Lipinski definition) is 2. The van der Waals surface area contributed by atoms with Gasteiger partial charge in [-0.15, -0.1) is 0 Å². The lowest BCUT2D eigenvalue weighted by Gasteiger charge is -2.38. The number of alkyl halides is 3. The first-order chi connectivity index (χ1) is 10.9. The molecule has 0 spiro atoms. The number of hydrogen-bond acceptors (Lipinski definition) is 1. The quantitative estimate of drug-likeness (QED) is 0.761. The van der Waals surface area contributed by atoms with Crippen molar-refractivity contribution >= 4 is 0 Å². The van der Waals surface area contributed by atoms with Gasteiger partial charge in [0.1, 0.15) is 5.82 Å². The molecule has 0 amide bonds. The summed E-state index contributed by atoms with van der Waals surface area (Å²) in [6.07, 6.45) is -4.37. The van der Waals surface area contributed by atoms with Crippen LogP contribution in [0, 0.1) is 12.7 Å². The molecule has 1 aromatic heterocycles. The third kappa shape index (κ3) is 3.80. The second kappa shape index (κ2) is 6.24. The minimum absolute atomic E-state index is 0.307. The lowest BCUT2D eigenvalue weighted by Crippen LogP contribution is -2.51. The molecule has 1 heterocycles. The van der Waals surface area contributed by atoms with Crippen LogP contribution in [-0.2, 0) is 11.8 Å². The van der Waals surface area contributed by atoms with Crippen molar-refractivity contribution in [2.75, 3.05) is 0 Å². The highest BCUT2D eigenvalue weighted by Gasteiger charge is 2.56. The Hall–Kier alpha value is -1.82. The molecule has 2 rings (SSSR count). The highest BCUT2D eigenvalue weighted by atomic mass is 19.4. The minimum Gasteiger partial charge on any atom is -0.380 e. The number of aromatic amines is 1. The summed E-state index contributed by atoms with van der Waals surface area (Å²) in [5.41, 5.74) is -2.43. The Morgan fingerprint density at radius 3 is 2.29 bits per heavy atom. The molecule has 0 saturated heterocycles. The fourth-order valence-electron chi connectivity index (χ4n) is 3.27. The monoisotopic (exact) mass is 343 g/mol. The Labute approximate surface area is 138 Å². The molecule has 6 heteroatoms. The fraction of sp³-hybridized carbons (Fsp3) is 0.444. The number of halogens is 4. The van der Waals surface area contributed by atoms with Gasteiger partial charge in [-0.25, -0.2) is 4.39 Å². The molecule has 1 unspecified atom stereocenters. The maximum Gasteiger partial charge on any atom is 0.417 e. The van der Waals surface area contributed by atoms with Crippen molar-refractivity contribution in [3.63, 3.8) is 0 Å². The largest absolute Gasteiger partial charge is 0.417 e. The molecule has 1 aromatic carbocycles. The average Bonchev–Trinajstić information content (AvgIpc) is 2.88. The standard InChI is InChI=1S/C18H21F4NO/c1-12-9-13(19)6-7-15(12)16(2,3)11-17(24,18(20,21)22)10-14-5-4-8-23-14/h4-9,23-24H,10-11H2,1-3H3. The molecule has 0 radical (unpaired) electrons. The highest BCUT2D eigenvalue weighted by molar-refractivity contribution is 5.33. The average molecular weight is 343 g/mol. The Morgan fingerprint density at radius 2 is 1.79 bits per heavy atom. The van der Waals surface area contributed by atoms with Crippen molar-refractivity contribution in [3.8, 4) is 0 Å². The van der Waals surface area contributed by atoms with Gasteiger partial charge in [-0.05, 0) is 54.2 Å². The molecule has 0 aliphatic heterocycles. The second-order valence-corrected chi connectivity index (χ2v) is 6.92. The first kappa shape index (κ1) is 18.5. The molecule has 2 aromatic rings. The fourth-order valence-corrected chi connectivity index (χ4v) is 3.27. The molecule has 0 saturated carbocycles. The summed E-state index contributed by atoms with van der Waals surface area (Å²) in [6.45, 7) is 4.90. The molecule has 0 fully saturated rings. The summed E-state index contributed by atoms with van der Waals surface area (Å²) in [6, 6.07) is 7.08. The van der Waals surface area contributed by atoms with Crippen LogP contribution in [0.25, 0.3) is 0 Å². The molecule has 1 atom stereocenters. The van der Waals surface area contributed by atoms with Crippen LogP contribution in [0.2, 0.25) is 0 Å². The Balaban J connectivity index is 2.37. The van der Waals surface area contributed by atoms with Gasteiger partial charge in [0, 0.05) is 18.3 Å². The van der Waals surface area contributed by atoms with Crippen LogP contribution < -0.4 is 0 Å². The second-order valence-electron chi connectivity index (χ2n) is 6.92. The van der Waals surface area contributed by atoms with Crippen LogP contribution in [0.15, 0.2) is 36.5 Å². The highest BCUT2D eigenvalue weighted by Crippen LogP contribution is 2.43. The molecule has 2 nitrogen and oxygen atoms in total. The molecule has 2 N–H and O–H groups in total. The van der Waals surface area contributed by atoms with Gasteiger partial charge in [-0.3, -0.25) is 0 Å². The molecule has 0 bridgehead atoms. The lowest BCUT2D eigenvalue weighted by atomic mass is 9.72. The summed E-state index contributed by atoms with van der Waals surface area (Å²) in [5.74, 6) is -0.440. The predicted octanol–water partition coefficient (Wildman–Crippen LogP) is 4.67. The minimum atomic E-state index is -4.79. The summed E-state index contributed by atoms with van der Waals surface area (Å²) in [7, 11) is 0. The number of rotatable bonds is 5. The molecule has 24 heavy (non-hydrogen) atoms. The number of nitrogens with one attached hydrogen (secondary N) is 1. The van der Waals surface area contributed by atoms with E-state index in [1.807, 2.05) is 0 Å². The van der Waals surface area contributed by atoms with Crippen molar-refractivity contribution < 1.29 is 22.7 Å². The van der Waals surface area contributed by atoms with Gasteiger partial charge in [0.25, 0.3) is 0 Å². The number of benzene rings is 1. The predicted molar refractivity (Wildman–Crippen MR) is 84.3 cm³/mol. The van der Waals surface area contributed by atoms with E-state index in [2.05, 4.69) is 4.98 Å². The summed E-state index contributed by atoms with van der Waals surface area (Å²) in [4.78, 5) is 2.70. The zero-order valence-corrected chi connectivity index (χ0v) is 13.8. The zero-order chi connectivity index (χ0) is 18.2. The number of H-pyrrole nitrogens is 1. The van der Waals surface area contributed by atoms with Gasteiger partial charge in [-0.1, -0.05) is 19.9 Å². The first-order valence-electron chi connectivity index (χ1n) is 7.63. The SMILES string of the molecule is Cc1cc(F)ccc1C(C)(C)CC(O)(Cc1ccc[nH]1)C(F)(F)F.